The summed E-state index contributed by atoms with van der Waals surface area (Å²) in [6.45, 7) is 2.24. The van der Waals surface area contributed by atoms with E-state index in [-0.39, 0.29) is 18.3 Å². The summed E-state index contributed by atoms with van der Waals surface area (Å²) in [5.74, 6) is 0.383. The minimum Gasteiger partial charge on any atom is -0.396 e. The summed E-state index contributed by atoms with van der Waals surface area (Å²) in [7, 11) is 0. The SMILES string of the molecule is CC(=O)c1c[nH]c(C(=O)NCC2CCCCC2CO)c1. The number of H-pyrrole nitrogens is 1. The van der Waals surface area contributed by atoms with Crippen LogP contribution in [0, 0.1) is 11.8 Å². The van der Waals surface area contributed by atoms with Crippen molar-refractivity contribution in [3.8, 4) is 0 Å². The van der Waals surface area contributed by atoms with Crippen molar-refractivity contribution in [1.29, 1.82) is 0 Å². The molecule has 0 spiro atoms. The summed E-state index contributed by atoms with van der Waals surface area (Å²) >= 11 is 0. The van der Waals surface area contributed by atoms with Crippen LogP contribution in [0.5, 0.6) is 0 Å². The zero-order chi connectivity index (χ0) is 14.5. The molecule has 2 rings (SSSR count). The summed E-state index contributed by atoms with van der Waals surface area (Å²) < 4.78 is 0. The number of ketones is 1. The zero-order valence-corrected chi connectivity index (χ0v) is 11.8. The van der Waals surface area contributed by atoms with E-state index < -0.39 is 0 Å². The fourth-order valence-electron chi connectivity index (χ4n) is 2.84. The number of hydrogen-bond acceptors (Lipinski definition) is 3. The quantitative estimate of drug-likeness (QED) is 0.718. The minimum atomic E-state index is -0.195. The summed E-state index contributed by atoms with van der Waals surface area (Å²) in [6.07, 6.45) is 5.96. The van der Waals surface area contributed by atoms with E-state index >= 15 is 0 Å². The van der Waals surface area contributed by atoms with Crippen LogP contribution in [0.3, 0.4) is 0 Å². The van der Waals surface area contributed by atoms with Crippen molar-refractivity contribution in [2.75, 3.05) is 13.2 Å². The number of hydrogen-bond donors (Lipinski definition) is 3. The molecule has 1 amide bonds. The van der Waals surface area contributed by atoms with Crippen LogP contribution in [0.4, 0.5) is 0 Å². The molecule has 1 saturated carbocycles. The molecular weight excluding hydrogens is 256 g/mol. The van der Waals surface area contributed by atoms with Gasteiger partial charge in [0, 0.05) is 24.9 Å². The third kappa shape index (κ3) is 3.48. The van der Waals surface area contributed by atoms with Crippen molar-refractivity contribution in [2.24, 2.45) is 11.8 Å². The standard InChI is InChI=1S/C15H22N2O3/c1-10(19)13-6-14(16-8-13)15(20)17-7-11-4-2-3-5-12(11)9-18/h6,8,11-12,16,18H,2-5,7,9H2,1H3,(H,17,20). The van der Waals surface area contributed by atoms with E-state index in [0.717, 1.165) is 25.7 Å². The van der Waals surface area contributed by atoms with Gasteiger partial charge in [0.25, 0.3) is 5.91 Å². The maximum atomic E-state index is 12.0. The second-order valence-corrected chi connectivity index (χ2v) is 5.56. The van der Waals surface area contributed by atoms with Crippen molar-refractivity contribution < 1.29 is 14.7 Å². The highest BCUT2D eigenvalue weighted by molar-refractivity contribution is 5.99. The van der Waals surface area contributed by atoms with Gasteiger partial charge in [0.1, 0.15) is 5.69 Å². The van der Waals surface area contributed by atoms with Crippen LogP contribution in [0.15, 0.2) is 12.3 Å². The van der Waals surface area contributed by atoms with Gasteiger partial charge in [-0.3, -0.25) is 9.59 Å². The number of aromatic nitrogens is 1. The lowest BCUT2D eigenvalue weighted by molar-refractivity contribution is 0.0905. The Morgan fingerprint density at radius 1 is 1.35 bits per heavy atom. The number of carbonyl (C=O) groups is 2. The molecule has 0 aliphatic heterocycles. The van der Waals surface area contributed by atoms with Gasteiger partial charge in [-0.15, -0.1) is 0 Å². The van der Waals surface area contributed by atoms with Gasteiger partial charge < -0.3 is 15.4 Å². The molecule has 1 aliphatic rings. The lowest BCUT2D eigenvalue weighted by Gasteiger charge is -2.30. The molecule has 1 aliphatic carbocycles. The molecular formula is C15H22N2O3. The molecule has 0 radical (unpaired) electrons. The number of carbonyl (C=O) groups excluding carboxylic acids is 2. The van der Waals surface area contributed by atoms with E-state index in [0.29, 0.717) is 29.6 Å². The van der Waals surface area contributed by atoms with E-state index in [2.05, 4.69) is 10.3 Å². The number of amides is 1. The first-order valence-corrected chi connectivity index (χ1v) is 7.20. The Balaban J connectivity index is 1.89. The second-order valence-electron chi connectivity index (χ2n) is 5.56. The van der Waals surface area contributed by atoms with E-state index in [1.165, 1.54) is 6.92 Å². The van der Waals surface area contributed by atoms with Gasteiger partial charge in [0.2, 0.25) is 0 Å². The Morgan fingerprint density at radius 3 is 2.65 bits per heavy atom. The van der Waals surface area contributed by atoms with Crippen molar-refractivity contribution in [3.63, 3.8) is 0 Å². The summed E-state index contributed by atoms with van der Waals surface area (Å²) in [5.41, 5.74) is 0.924. The first kappa shape index (κ1) is 14.8. The van der Waals surface area contributed by atoms with Crippen LogP contribution >= 0.6 is 0 Å². The second kappa shape index (κ2) is 6.70. The fourth-order valence-corrected chi connectivity index (χ4v) is 2.84. The largest absolute Gasteiger partial charge is 0.396 e. The Labute approximate surface area is 118 Å². The predicted octanol–water partition coefficient (Wildman–Crippen LogP) is 1.75. The Hall–Kier alpha value is -1.62. The molecule has 0 saturated heterocycles. The van der Waals surface area contributed by atoms with Gasteiger partial charge in [-0.05, 0) is 37.7 Å². The third-order valence-electron chi connectivity index (χ3n) is 4.16. The molecule has 1 aromatic rings. The lowest BCUT2D eigenvalue weighted by Crippen LogP contribution is -2.35. The van der Waals surface area contributed by atoms with Crippen molar-refractivity contribution in [2.45, 2.75) is 32.6 Å². The molecule has 2 atom stereocenters. The number of aromatic amines is 1. The average Bonchev–Trinajstić information content (AvgIpc) is 2.95. The van der Waals surface area contributed by atoms with E-state index in [9.17, 15) is 14.7 Å². The Morgan fingerprint density at radius 2 is 2.05 bits per heavy atom. The van der Waals surface area contributed by atoms with Crippen molar-refractivity contribution in [1.82, 2.24) is 10.3 Å². The third-order valence-corrected chi connectivity index (χ3v) is 4.16. The van der Waals surface area contributed by atoms with Gasteiger partial charge in [-0.1, -0.05) is 12.8 Å². The average molecular weight is 278 g/mol. The van der Waals surface area contributed by atoms with E-state index in [4.69, 9.17) is 0 Å². The molecule has 20 heavy (non-hydrogen) atoms. The number of aliphatic hydroxyl groups is 1. The monoisotopic (exact) mass is 278 g/mol. The molecule has 5 nitrogen and oxygen atoms in total. The first-order valence-electron chi connectivity index (χ1n) is 7.20. The summed E-state index contributed by atoms with van der Waals surface area (Å²) in [6, 6.07) is 1.57. The topological polar surface area (TPSA) is 82.2 Å². The number of aliphatic hydroxyl groups excluding tert-OH is 1. The molecule has 3 N–H and O–H groups in total. The van der Waals surface area contributed by atoms with Gasteiger partial charge in [0.15, 0.2) is 5.78 Å². The maximum Gasteiger partial charge on any atom is 0.267 e. The maximum absolute atomic E-state index is 12.0. The van der Waals surface area contributed by atoms with Crippen LogP contribution in [0.2, 0.25) is 0 Å². The molecule has 1 heterocycles. The molecule has 2 unspecified atom stereocenters. The van der Waals surface area contributed by atoms with Crippen LogP contribution in [0.25, 0.3) is 0 Å². The molecule has 1 aromatic heterocycles. The fraction of sp³-hybridized carbons (Fsp3) is 0.600. The van der Waals surface area contributed by atoms with E-state index in [1.54, 1.807) is 12.3 Å². The molecule has 1 fully saturated rings. The number of Topliss-reactive ketones (excluding diaryl/α,β-unsaturated/α-hetero) is 1. The normalized spacial score (nSPS) is 22.5. The van der Waals surface area contributed by atoms with Crippen LogP contribution < -0.4 is 5.32 Å². The highest BCUT2D eigenvalue weighted by Crippen LogP contribution is 2.29. The molecule has 110 valence electrons. The minimum absolute atomic E-state index is 0.0621. The highest BCUT2D eigenvalue weighted by Gasteiger charge is 2.25. The van der Waals surface area contributed by atoms with Crippen LogP contribution in [0.1, 0.15) is 53.5 Å². The molecule has 0 bridgehead atoms. The van der Waals surface area contributed by atoms with Crippen molar-refractivity contribution >= 4 is 11.7 Å². The number of nitrogens with one attached hydrogen (secondary N) is 2. The van der Waals surface area contributed by atoms with Crippen LogP contribution in [-0.4, -0.2) is 34.9 Å². The lowest BCUT2D eigenvalue weighted by atomic mass is 9.79. The predicted molar refractivity (Wildman–Crippen MR) is 75.7 cm³/mol. The Kier molecular flexibility index (Phi) is 4.95. The Bertz CT molecular complexity index is 481. The summed E-state index contributed by atoms with van der Waals surface area (Å²) in [4.78, 5) is 26.0. The molecule has 5 heteroatoms. The van der Waals surface area contributed by atoms with Crippen LogP contribution in [-0.2, 0) is 0 Å². The van der Waals surface area contributed by atoms with Gasteiger partial charge in [0.05, 0.1) is 0 Å². The van der Waals surface area contributed by atoms with Gasteiger partial charge >= 0.3 is 0 Å². The van der Waals surface area contributed by atoms with E-state index in [1.807, 2.05) is 0 Å². The van der Waals surface area contributed by atoms with Crippen molar-refractivity contribution in [3.05, 3.63) is 23.5 Å². The first-order chi connectivity index (χ1) is 9.61. The zero-order valence-electron chi connectivity index (χ0n) is 11.8. The molecule has 0 aromatic carbocycles. The smallest absolute Gasteiger partial charge is 0.267 e. The van der Waals surface area contributed by atoms with Gasteiger partial charge in [-0.2, -0.15) is 0 Å². The van der Waals surface area contributed by atoms with Gasteiger partial charge in [-0.25, -0.2) is 0 Å². The highest BCUT2D eigenvalue weighted by atomic mass is 16.3. The number of rotatable bonds is 5. The summed E-state index contributed by atoms with van der Waals surface area (Å²) in [5, 5.41) is 12.2.